The molecular formula is C27H28ClN5O4. The van der Waals surface area contributed by atoms with Crippen LogP contribution >= 0.6 is 11.6 Å². The number of aromatic nitrogens is 1. The molecular weight excluding hydrogens is 494 g/mol. The first-order chi connectivity index (χ1) is 17.9. The number of halogens is 1. The lowest BCUT2D eigenvalue weighted by molar-refractivity contribution is 0.0860. The summed E-state index contributed by atoms with van der Waals surface area (Å²) in [6.07, 6.45) is 2.46. The van der Waals surface area contributed by atoms with Crippen molar-refractivity contribution in [2.24, 2.45) is 0 Å². The molecule has 2 heterocycles. The fourth-order valence-corrected chi connectivity index (χ4v) is 4.60. The van der Waals surface area contributed by atoms with Gasteiger partial charge in [-0.05, 0) is 55.7 Å². The van der Waals surface area contributed by atoms with E-state index in [2.05, 4.69) is 21.7 Å². The third kappa shape index (κ3) is 6.04. The Morgan fingerprint density at radius 2 is 2.00 bits per heavy atom. The summed E-state index contributed by atoms with van der Waals surface area (Å²) in [5.74, 6) is 0.300. The van der Waals surface area contributed by atoms with E-state index >= 15 is 0 Å². The number of benzene rings is 2. The van der Waals surface area contributed by atoms with Crippen LogP contribution < -0.4 is 15.4 Å². The molecule has 0 aliphatic carbocycles. The van der Waals surface area contributed by atoms with Crippen molar-refractivity contribution >= 4 is 40.2 Å². The van der Waals surface area contributed by atoms with Crippen molar-refractivity contribution in [2.45, 2.75) is 32.4 Å². The highest BCUT2D eigenvalue weighted by Crippen LogP contribution is 2.30. The average Bonchev–Trinajstić information content (AvgIpc) is 2.91. The largest absolute Gasteiger partial charge is 0.495 e. The summed E-state index contributed by atoms with van der Waals surface area (Å²) in [4.78, 5) is 31.5. The number of likely N-dealkylation sites (tertiary alicyclic amines) is 1. The third-order valence-corrected chi connectivity index (χ3v) is 6.58. The number of nitriles is 1. The van der Waals surface area contributed by atoms with Crippen LogP contribution in [0.25, 0.3) is 10.9 Å². The first kappa shape index (κ1) is 26.0. The molecule has 1 aliphatic rings. The van der Waals surface area contributed by atoms with E-state index in [0.29, 0.717) is 77.6 Å². The number of piperidine rings is 1. The number of nitrogens with zero attached hydrogens (tertiary/aromatic N) is 3. The summed E-state index contributed by atoms with van der Waals surface area (Å²) >= 11 is 6.29. The summed E-state index contributed by atoms with van der Waals surface area (Å²) in [6.45, 7) is 3.51. The van der Waals surface area contributed by atoms with Gasteiger partial charge in [-0.25, -0.2) is 4.79 Å². The van der Waals surface area contributed by atoms with Gasteiger partial charge in [0, 0.05) is 37.3 Å². The van der Waals surface area contributed by atoms with E-state index < -0.39 is 0 Å². The van der Waals surface area contributed by atoms with Crippen LogP contribution in [0.4, 0.5) is 10.5 Å². The lowest BCUT2D eigenvalue weighted by Gasteiger charge is -2.31. The second kappa shape index (κ2) is 11.8. The zero-order valence-electron chi connectivity index (χ0n) is 20.7. The van der Waals surface area contributed by atoms with Gasteiger partial charge in [0.1, 0.15) is 5.75 Å². The molecule has 2 amide bonds. The van der Waals surface area contributed by atoms with Crippen molar-refractivity contribution in [1.29, 1.82) is 5.26 Å². The number of ether oxygens (including phenoxy) is 2. The molecule has 10 heteroatoms. The van der Waals surface area contributed by atoms with Gasteiger partial charge in [0.15, 0.2) is 0 Å². The summed E-state index contributed by atoms with van der Waals surface area (Å²) in [5, 5.41) is 17.0. The Morgan fingerprint density at radius 3 is 2.68 bits per heavy atom. The van der Waals surface area contributed by atoms with E-state index in [9.17, 15) is 14.9 Å². The van der Waals surface area contributed by atoms with Crippen LogP contribution in [0.15, 0.2) is 42.6 Å². The number of fused-ring (bicyclic) bond motifs is 1. The number of carbonyl (C=O) groups excluding carboxylic acids is 2. The van der Waals surface area contributed by atoms with Gasteiger partial charge in [-0.1, -0.05) is 17.7 Å². The first-order valence-corrected chi connectivity index (χ1v) is 12.4. The first-order valence-electron chi connectivity index (χ1n) is 12.0. The second-order valence-corrected chi connectivity index (χ2v) is 9.05. The van der Waals surface area contributed by atoms with E-state index in [1.165, 1.54) is 0 Å². The molecule has 0 radical (unpaired) electrons. The van der Waals surface area contributed by atoms with Gasteiger partial charge >= 0.3 is 6.09 Å². The zero-order valence-corrected chi connectivity index (χ0v) is 21.5. The third-order valence-electron chi connectivity index (χ3n) is 6.28. The maximum Gasteiger partial charge on any atom is 0.409 e. The summed E-state index contributed by atoms with van der Waals surface area (Å²) in [5.41, 5.74) is 2.97. The van der Waals surface area contributed by atoms with Crippen LogP contribution in [-0.4, -0.2) is 54.7 Å². The maximum atomic E-state index is 13.4. The molecule has 1 fully saturated rings. The molecule has 0 bridgehead atoms. The number of nitrogens with one attached hydrogen (secondary N) is 2. The van der Waals surface area contributed by atoms with E-state index in [4.69, 9.17) is 21.1 Å². The van der Waals surface area contributed by atoms with E-state index in [-0.39, 0.29) is 18.0 Å². The van der Waals surface area contributed by atoms with Gasteiger partial charge in [0.05, 0.1) is 47.1 Å². The minimum Gasteiger partial charge on any atom is -0.495 e. The molecule has 37 heavy (non-hydrogen) atoms. The Balaban J connectivity index is 1.57. The van der Waals surface area contributed by atoms with Crippen molar-refractivity contribution < 1.29 is 19.1 Å². The standard InChI is InChI=1S/C27H28ClN5O4/c1-3-37-27(35)33-10-8-19(9-11-33)32-26(34)21-16-30-23-6-4-17(14-29)12-20(23)25(21)31-15-18-5-7-24(36-2)22(28)13-18/h4-7,12-13,16,19H,3,8-11,15H2,1-2H3,(H,30,31)(H,32,34). The molecule has 1 aliphatic heterocycles. The zero-order chi connectivity index (χ0) is 26.4. The quantitative estimate of drug-likeness (QED) is 0.461. The van der Waals surface area contributed by atoms with Crippen LogP contribution in [-0.2, 0) is 11.3 Å². The van der Waals surface area contributed by atoms with Crippen LogP contribution in [0.1, 0.15) is 41.3 Å². The molecule has 1 aromatic heterocycles. The van der Waals surface area contributed by atoms with Gasteiger partial charge in [-0.3, -0.25) is 9.78 Å². The number of anilines is 1. The Bertz CT molecular complexity index is 1350. The predicted octanol–water partition coefficient (Wildman–Crippen LogP) is 4.73. The molecule has 0 spiro atoms. The van der Waals surface area contributed by atoms with Crippen molar-refractivity contribution in [3.8, 4) is 11.8 Å². The minimum absolute atomic E-state index is 0.0902. The van der Waals surface area contributed by atoms with Crippen LogP contribution in [0.5, 0.6) is 5.75 Å². The molecule has 192 valence electrons. The molecule has 1 saturated heterocycles. The summed E-state index contributed by atoms with van der Waals surface area (Å²) < 4.78 is 10.3. The monoisotopic (exact) mass is 521 g/mol. The number of rotatable bonds is 7. The normalized spacial score (nSPS) is 13.6. The van der Waals surface area contributed by atoms with Crippen molar-refractivity contribution in [2.75, 3.05) is 32.1 Å². The highest BCUT2D eigenvalue weighted by molar-refractivity contribution is 6.32. The number of hydrogen-bond donors (Lipinski definition) is 2. The molecule has 0 saturated carbocycles. The van der Waals surface area contributed by atoms with E-state index in [1.54, 1.807) is 55.5 Å². The smallest absolute Gasteiger partial charge is 0.409 e. The molecule has 0 unspecified atom stereocenters. The number of amides is 2. The maximum absolute atomic E-state index is 13.4. The van der Waals surface area contributed by atoms with Crippen LogP contribution in [0.3, 0.4) is 0 Å². The van der Waals surface area contributed by atoms with Crippen LogP contribution in [0.2, 0.25) is 5.02 Å². The fraction of sp³-hybridized carbons (Fsp3) is 0.333. The van der Waals surface area contributed by atoms with E-state index in [0.717, 1.165) is 5.56 Å². The van der Waals surface area contributed by atoms with Crippen LogP contribution in [0, 0.1) is 11.3 Å². The van der Waals surface area contributed by atoms with E-state index in [1.807, 2.05) is 6.07 Å². The molecule has 2 aromatic carbocycles. The fourth-order valence-electron chi connectivity index (χ4n) is 4.32. The van der Waals surface area contributed by atoms with Gasteiger partial charge in [-0.15, -0.1) is 0 Å². The predicted molar refractivity (Wildman–Crippen MR) is 141 cm³/mol. The SMILES string of the molecule is CCOC(=O)N1CCC(NC(=O)c2cnc3ccc(C#N)cc3c2NCc2ccc(OC)c(Cl)c2)CC1. The van der Waals surface area contributed by atoms with Crippen molar-refractivity contribution in [3.05, 3.63) is 64.3 Å². The lowest BCUT2D eigenvalue weighted by Crippen LogP contribution is -2.46. The summed E-state index contributed by atoms with van der Waals surface area (Å²) in [7, 11) is 1.56. The van der Waals surface area contributed by atoms with Gasteiger partial charge in [0.25, 0.3) is 5.91 Å². The van der Waals surface area contributed by atoms with Gasteiger partial charge in [-0.2, -0.15) is 5.26 Å². The number of hydrogen-bond acceptors (Lipinski definition) is 7. The van der Waals surface area contributed by atoms with Crippen molar-refractivity contribution in [3.63, 3.8) is 0 Å². The highest BCUT2D eigenvalue weighted by atomic mass is 35.5. The number of carbonyl (C=O) groups is 2. The van der Waals surface area contributed by atoms with Gasteiger partial charge < -0.3 is 25.0 Å². The molecule has 2 N–H and O–H groups in total. The molecule has 0 atom stereocenters. The minimum atomic E-state index is -0.329. The summed E-state index contributed by atoms with van der Waals surface area (Å²) in [6, 6.07) is 12.7. The van der Waals surface area contributed by atoms with Crippen molar-refractivity contribution in [1.82, 2.24) is 15.2 Å². The average molecular weight is 522 g/mol. The highest BCUT2D eigenvalue weighted by Gasteiger charge is 2.26. The second-order valence-electron chi connectivity index (χ2n) is 8.65. The number of methoxy groups -OCH3 is 1. The topological polar surface area (TPSA) is 117 Å². The Labute approximate surface area is 220 Å². The lowest BCUT2D eigenvalue weighted by atomic mass is 10.0. The molecule has 3 aromatic rings. The Hall–Kier alpha value is -4.03. The Kier molecular flexibility index (Phi) is 8.31. The molecule has 9 nitrogen and oxygen atoms in total. The molecule has 4 rings (SSSR count). The Morgan fingerprint density at radius 1 is 1.22 bits per heavy atom. The number of pyridine rings is 1. The van der Waals surface area contributed by atoms with Gasteiger partial charge in [0.2, 0.25) is 0 Å².